The summed E-state index contributed by atoms with van der Waals surface area (Å²) in [6.07, 6.45) is 1.41. The first kappa shape index (κ1) is 12.9. The van der Waals surface area contributed by atoms with E-state index in [1.165, 1.54) is 6.20 Å². The minimum atomic E-state index is -1.74. The number of carbonyl (C=O) groups is 1. The quantitative estimate of drug-likeness (QED) is 0.732. The average molecular weight is 271 g/mol. The Kier molecular flexibility index (Phi) is 3.16. The fourth-order valence-electron chi connectivity index (χ4n) is 1.41. The van der Waals surface area contributed by atoms with Crippen molar-refractivity contribution in [3.63, 3.8) is 0 Å². The number of nitrogens with zero attached hydrogens (tertiary/aromatic N) is 1. The highest BCUT2D eigenvalue weighted by Gasteiger charge is 2.23. The summed E-state index contributed by atoms with van der Waals surface area (Å²) in [5, 5.41) is 17.3. The molecule has 19 heavy (non-hydrogen) atoms. The SMILES string of the molecule is Cc1cn[nH]c1NC(=O)c1cc(F)c(F)c(O)c1F. The Bertz CT molecular complexity index is 655. The molecule has 2 aromatic rings. The van der Waals surface area contributed by atoms with Gasteiger partial charge < -0.3 is 10.4 Å². The molecule has 0 atom stereocenters. The number of aromatic nitrogens is 2. The summed E-state index contributed by atoms with van der Waals surface area (Å²) in [5.74, 6) is -7.19. The standard InChI is InChI=1S/C11H8F3N3O2/c1-4-3-15-17-10(4)16-11(19)5-2-6(12)8(14)9(18)7(5)13/h2-3,18H,1H3,(H2,15,16,17,19). The van der Waals surface area contributed by atoms with Crippen LogP contribution >= 0.6 is 0 Å². The lowest BCUT2D eigenvalue weighted by Gasteiger charge is -2.07. The summed E-state index contributed by atoms with van der Waals surface area (Å²) >= 11 is 0. The topological polar surface area (TPSA) is 78.0 Å². The maximum Gasteiger partial charge on any atom is 0.260 e. The van der Waals surface area contributed by atoms with Crippen molar-refractivity contribution in [2.24, 2.45) is 0 Å². The Morgan fingerprint density at radius 2 is 2.05 bits per heavy atom. The van der Waals surface area contributed by atoms with Gasteiger partial charge in [0.1, 0.15) is 5.82 Å². The van der Waals surface area contributed by atoms with Crippen molar-refractivity contribution in [3.8, 4) is 5.75 Å². The third kappa shape index (κ3) is 2.24. The van der Waals surface area contributed by atoms with Crippen molar-refractivity contribution < 1.29 is 23.1 Å². The number of H-pyrrole nitrogens is 1. The van der Waals surface area contributed by atoms with Crippen molar-refractivity contribution in [2.45, 2.75) is 6.92 Å². The zero-order valence-corrected chi connectivity index (χ0v) is 9.59. The number of aromatic hydroxyl groups is 1. The molecule has 0 unspecified atom stereocenters. The van der Waals surface area contributed by atoms with E-state index in [4.69, 9.17) is 5.11 Å². The van der Waals surface area contributed by atoms with E-state index in [0.29, 0.717) is 11.6 Å². The minimum absolute atomic E-state index is 0.189. The van der Waals surface area contributed by atoms with Crippen LogP contribution in [0.5, 0.6) is 5.75 Å². The molecule has 0 spiro atoms. The van der Waals surface area contributed by atoms with E-state index >= 15 is 0 Å². The van der Waals surface area contributed by atoms with Gasteiger partial charge in [-0.1, -0.05) is 0 Å². The number of phenols is 1. The lowest BCUT2D eigenvalue weighted by atomic mass is 10.1. The number of halogens is 3. The molecule has 1 heterocycles. The first-order valence-corrected chi connectivity index (χ1v) is 5.09. The number of amides is 1. The highest BCUT2D eigenvalue weighted by Crippen LogP contribution is 2.26. The molecule has 1 aromatic carbocycles. The van der Waals surface area contributed by atoms with Gasteiger partial charge in [-0.05, 0) is 13.0 Å². The molecule has 1 aromatic heterocycles. The normalized spacial score (nSPS) is 10.5. The van der Waals surface area contributed by atoms with E-state index < -0.39 is 34.7 Å². The molecule has 0 aliphatic rings. The summed E-state index contributed by atoms with van der Waals surface area (Å²) in [6.45, 7) is 1.62. The lowest BCUT2D eigenvalue weighted by Crippen LogP contribution is -2.15. The van der Waals surface area contributed by atoms with Gasteiger partial charge >= 0.3 is 0 Å². The second-order valence-corrected chi connectivity index (χ2v) is 3.76. The van der Waals surface area contributed by atoms with Crippen LogP contribution in [0.25, 0.3) is 0 Å². The summed E-state index contributed by atoms with van der Waals surface area (Å²) in [5.41, 5.74) is -0.244. The van der Waals surface area contributed by atoms with Crippen LogP contribution in [0.2, 0.25) is 0 Å². The number of benzene rings is 1. The van der Waals surface area contributed by atoms with Gasteiger partial charge in [-0.2, -0.15) is 9.49 Å². The number of hydrogen-bond acceptors (Lipinski definition) is 3. The number of aromatic amines is 1. The first-order valence-electron chi connectivity index (χ1n) is 5.09. The van der Waals surface area contributed by atoms with Crippen LogP contribution in [0.3, 0.4) is 0 Å². The Labute approximate surface area is 105 Å². The number of hydrogen-bond donors (Lipinski definition) is 3. The highest BCUT2D eigenvalue weighted by atomic mass is 19.2. The molecular formula is C11H8F3N3O2. The van der Waals surface area contributed by atoms with E-state index in [9.17, 15) is 18.0 Å². The van der Waals surface area contributed by atoms with Gasteiger partial charge in [-0.15, -0.1) is 0 Å². The third-order valence-corrected chi connectivity index (χ3v) is 2.45. The molecule has 0 aliphatic heterocycles. The van der Waals surface area contributed by atoms with Crippen LogP contribution in [-0.4, -0.2) is 21.2 Å². The molecule has 3 N–H and O–H groups in total. The van der Waals surface area contributed by atoms with E-state index in [-0.39, 0.29) is 5.82 Å². The summed E-state index contributed by atoms with van der Waals surface area (Å²) < 4.78 is 39.4. The number of anilines is 1. The predicted molar refractivity (Wildman–Crippen MR) is 59.3 cm³/mol. The molecule has 8 heteroatoms. The summed E-state index contributed by atoms with van der Waals surface area (Å²) in [7, 11) is 0. The van der Waals surface area contributed by atoms with Crippen molar-refractivity contribution in [3.05, 3.63) is 40.8 Å². The first-order chi connectivity index (χ1) is 8.91. The second kappa shape index (κ2) is 4.63. The van der Waals surface area contributed by atoms with Crippen molar-refractivity contribution in [2.75, 3.05) is 5.32 Å². The Hall–Kier alpha value is -2.51. The number of carbonyl (C=O) groups excluding carboxylic acids is 1. The van der Waals surface area contributed by atoms with Gasteiger partial charge in [0.15, 0.2) is 17.4 Å². The number of rotatable bonds is 2. The van der Waals surface area contributed by atoms with Gasteiger partial charge in [0.05, 0.1) is 11.8 Å². The van der Waals surface area contributed by atoms with Crippen molar-refractivity contribution >= 4 is 11.7 Å². The molecule has 1 amide bonds. The maximum absolute atomic E-state index is 13.5. The molecular weight excluding hydrogens is 263 g/mol. The van der Waals surface area contributed by atoms with Crippen LogP contribution in [-0.2, 0) is 0 Å². The van der Waals surface area contributed by atoms with E-state index in [2.05, 4.69) is 15.5 Å². The fraction of sp³-hybridized carbons (Fsp3) is 0.0909. The molecule has 0 saturated heterocycles. The molecule has 0 fully saturated rings. The second-order valence-electron chi connectivity index (χ2n) is 3.76. The van der Waals surface area contributed by atoms with Gasteiger partial charge in [0, 0.05) is 5.56 Å². The van der Waals surface area contributed by atoms with Crippen LogP contribution in [0.15, 0.2) is 12.3 Å². The molecule has 0 aliphatic carbocycles. The number of aryl methyl sites for hydroxylation is 1. The van der Waals surface area contributed by atoms with Gasteiger partial charge in [0.2, 0.25) is 5.82 Å². The van der Waals surface area contributed by atoms with E-state index in [1.807, 2.05) is 0 Å². The molecule has 0 bridgehead atoms. The van der Waals surface area contributed by atoms with Crippen LogP contribution in [0, 0.1) is 24.4 Å². The van der Waals surface area contributed by atoms with E-state index in [0.717, 1.165) is 0 Å². The lowest BCUT2D eigenvalue weighted by molar-refractivity contribution is 0.102. The van der Waals surface area contributed by atoms with Crippen LogP contribution < -0.4 is 5.32 Å². The molecule has 0 saturated carbocycles. The van der Waals surface area contributed by atoms with Gasteiger partial charge in [-0.25, -0.2) is 8.78 Å². The number of phenolic OH excluding ortho intramolecular Hbond substituents is 1. The van der Waals surface area contributed by atoms with Crippen LogP contribution in [0.1, 0.15) is 15.9 Å². The Morgan fingerprint density at radius 1 is 1.37 bits per heavy atom. The molecule has 5 nitrogen and oxygen atoms in total. The van der Waals surface area contributed by atoms with Crippen molar-refractivity contribution in [1.29, 1.82) is 0 Å². The third-order valence-electron chi connectivity index (χ3n) is 2.45. The van der Waals surface area contributed by atoms with Gasteiger partial charge in [-0.3, -0.25) is 9.89 Å². The van der Waals surface area contributed by atoms with E-state index in [1.54, 1.807) is 6.92 Å². The molecule has 0 radical (unpaired) electrons. The van der Waals surface area contributed by atoms with Crippen LogP contribution in [0.4, 0.5) is 19.0 Å². The maximum atomic E-state index is 13.5. The Morgan fingerprint density at radius 3 is 2.63 bits per heavy atom. The average Bonchev–Trinajstić information content (AvgIpc) is 2.77. The van der Waals surface area contributed by atoms with Crippen molar-refractivity contribution in [1.82, 2.24) is 10.2 Å². The summed E-state index contributed by atoms with van der Waals surface area (Å²) in [4.78, 5) is 11.7. The largest absolute Gasteiger partial charge is 0.503 e. The minimum Gasteiger partial charge on any atom is -0.503 e. The highest BCUT2D eigenvalue weighted by molar-refractivity contribution is 6.04. The fourth-order valence-corrected chi connectivity index (χ4v) is 1.41. The molecule has 100 valence electrons. The summed E-state index contributed by atoms with van der Waals surface area (Å²) in [6, 6.07) is 0.366. The zero-order chi connectivity index (χ0) is 14.2. The van der Waals surface area contributed by atoms with Gasteiger partial charge in [0.25, 0.3) is 5.91 Å². The Balaban J connectivity index is 2.37. The predicted octanol–water partition coefficient (Wildman–Crippen LogP) is 2.09. The number of nitrogens with one attached hydrogen (secondary N) is 2. The molecule has 2 rings (SSSR count). The monoisotopic (exact) mass is 271 g/mol. The zero-order valence-electron chi connectivity index (χ0n) is 9.59. The smallest absolute Gasteiger partial charge is 0.260 e.